The summed E-state index contributed by atoms with van der Waals surface area (Å²) >= 11 is 0. The molecule has 0 saturated carbocycles. The van der Waals surface area contributed by atoms with E-state index in [4.69, 9.17) is 5.26 Å². The van der Waals surface area contributed by atoms with Crippen molar-refractivity contribution in [2.75, 3.05) is 0 Å². The molecule has 1 rings (SSSR count). The van der Waals surface area contributed by atoms with Crippen LogP contribution in [-0.2, 0) is 0 Å². The zero-order chi connectivity index (χ0) is 12.3. The first-order valence-electron chi connectivity index (χ1n) is 6.18. The SMILES string of the molecule is CCCCCC(/C=C/C#N)=C\c1ccccc1. The molecule has 0 fully saturated rings. The summed E-state index contributed by atoms with van der Waals surface area (Å²) < 4.78 is 0. The van der Waals surface area contributed by atoms with Gasteiger partial charge < -0.3 is 0 Å². The molecule has 0 bridgehead atoms. The van der Waals surface area contributed by atoms with E-state index in [0.29, 0.717) is 0 Å². The Kier molecular flexibility index (Phi) is 6.51. The molecule has 0 heterocycles. The number of unbranched alkanes of at least 4 members (excludes halogenated alkanes) is 2. The zero-order valence-electron chi connectivity index (χ0n) is 10.4. The topological polar surface area (TPSA) is 23.8 Å². The first-order chi connectivity index (χ1) is 8.36. The Morgan fingerprint density at radius 1 is 1.24 bits per heavy atom. The average molecular weight is 225 g/mol. The second-order valence-corrected chi connectivity index (χ2v) is 4.05. The van der Waals surface area contributed by atoms with Crippen LogP contribution in [0.1, 0.15) is 38.2 Å². The highest BCUT2D eigenvalue weighted by molar-refractivity contribution is 5.55. The molecule has 88 valence electrons. The van der Waals surface area contributed by atoms with Crippen LogP contribution in [0.4, 0.5) is 0 Å². The van der Waals surface area contributed by atoms with Gasteiger partial charge in [0, 0.05) is 6.08 Å². The first kappa shape index (κ1) is 13.3. The summed E-state index contributed by atoms with van der Waals surface area (Å²) in [7, 11) is 0. The maximum atomic E-state index is 8.59. The number of hydrogen-bond donors (Lipinski definition) is 0. The van der Waals surface area contributed by atoms with Crippen LogP contribution in [0.2, 0.25) is 0 Å². The molecule has 0 amide bonds. The monoisotopic (exact) mass is 225 g/mol. The molecule has 0 aliphatic carbocycles. The number of hydrogen-bond acceptors (Lipinski definition) is 1. The highest BCUT2D eigenvalue weighted by atomic mass is 14.2. The van der Waals surface area contributed by atoms with Crippen molar-refractivity contribution >= 4 is 6.08 Å². The molecule has 1 heteroatoms. The Bertz CT molecular complexity index is 407. The second-order valence-electron chi connectivity index (χ2n) is 4.05. The highest BCUT2D eigenvalue weighted by Crippen LogP contribution is 2.14. The standard InChI is InChI=1S/C16H19N/c1-2-3-5-9-16(12-8-13-17)14-15-10-6-4-7-11-15/h4,6-8,10-12,14H,2-3,5,9H2,1H3/b12-8+,16-14+. The van der Waals surface area contributed by atoms with Crippen LogP contribution in [0.3, 0.4) is 0 Å². The zero-order valence-corrected chi connectivity index (χ0v) is 10.4. The molecule has 0 saturated heterocycles. The van der Waals surface area contributed by atoms with Crippen molar-refractivity contribution < 1.29 is 0 Å². The van der Waals surface area contributed by atoms with Crippen LogP contribution in [0.25, 0.3) is 6.08 Å². The average Bonchev–Trinajstić information content (AvgIpc) is 2.37. The predicted molar refractivity (Wildman–Crippen MR) is 73.3 cm³/mol. The van der Waals surface area contributed by atoms with E-state index in [0.717, 1.165) is 6.42 Å². The van der Waals surface area contributed by atoms with Gasteiger partial charge in [0.05, 0.1) is 6.07 Å². The molecular formula is C16H19N. The van der Waals surface area contributed by atoms with Crippen molar-refractivity contribution in [3.05, 3.63) is 53.6 Å². The van der Waals surface area contributed by atoms with E-state index in [-0.39, 0.29) is 0 Å². The number of benzene rings is 1. The van der Waals surface area contributed by atoms with E-state index < -0.39 is 0 Å². The molecule has 0 spiro atoms. The molecule has 0 aliphatic rings. The fraction of sp³-hybridized carbons (Fsp3) is 0.312. The molecule has 17 heavy (non-hydrogen) atoms. The van der Waals surface area contributed by atoms with Gasteiger partial charge >= 0.3 is 0 Å². The fourth-order valence-electron chi connectivity index (χ4n) is 1.69. The van der Waals surface area contributed by atoms with E-state index in [1.807, 2.05) is 24.3 Å². The third kappa shape index (κ3) is 5.73. The largest absolute Gasteiger partial charge is 0.193 e. The van der Waals surface area contributed by atoms with Crippen molar-refractivity contribution in [1.82, 2.24) is 0 Å². The third-order valence-corrected chi connectivity index (χ3v) is 2.59. The lowest BCUT2D eigenvalue weighted by molar-refractivity contribution is 0.721. The molecule has 0 N–H and O–H groups in total. The van der Waals surface area contributed by atoms with Gasteiger partial charge in [-0.1, -0.05) is 56.2 Å². The summed E-state index contributed by atoms with van der Waals surface area (Å²) in [5.74, 6) is 0. The number of nitriles is 1. The van der Waals surface area contributed by atoms with Gasteiger partial charge in [-0.25, -0.2) is 0 Å². The molecular weight excluding hydrogens is 206 g/mol. The minimum absolute atomic E-state index is 1.04. The van der Waals surface area contributed by atoms with Crippen molar-refractivity contribution in [2.24, 2.45) is 0 Å². The first-order valence-corrected chi connectivity index (χ1v) is 6.18. The summed E-state index contributed by atoms with van der Waals surface area (Å²) in [4.78, 5) is 0. The van der Waals surface area contributed by atoms with Gasteiger partial charge in [-0.05, 0) is 30.1 Å². The third-order valence-electron chi connectivity index (χ3n) is 2.59. The van der Waals surface area contributed by atoms with Crippen molar-refractivity contribution in [3.8, 4) is 6.07 Å². The van der Waals surface area contributed by atoms with Gasteiger partial charge in [-0.15, -0.1) is 0 Å². The molecule has 1 nitrogen and oxygen atoms in total. The molecule has 0 unspecified atom stereocenters. The molecule has 0 radical (unpaired) electrons. The Balaban J connectivity index is 2.72. The van der Waals surface area contributed by atoms with Gasteiger partial charge in [0.1, 0.15) is 0 Å². The lowest BCUT2D eigenvalue weighted by atomic mass is 10.0. The number of nitrogens with zero attached hydrogens (tertiary/aromatic N) is 1. The quantitative estimate of drug-likeness (QED) is 0.390. The number of rotatable bonds is 6. The summed E-state index contributed by atoms with van der Waals surface area (Å²) in [5.41, 5.74) is 2.42. The van der Waals surface area contributed by atoms with Crippen molar-refractivity contribution in [3.63, 3.8) is 0 Å². The van der Waals surface area contributed by atoms with Gasteiger partial charge in [-0.2, -0.15) is 5.26 Å². The smallest absolute Gasteiger partial charge is 0.0912 e. The normalized spacial score (nSPS) is 11.6. The summed E-state index contributed by atoms with van der Waals surface area (Å²) in [6.07, 6.45) is 10.3. The maximum absolute atomic E-state index is 8.59. The van der Waals surface area contributed by atoms with Gasteiger partial charge in [-0.3, -0.25) is 0 Å². The van der Waals surface area contributed by atoms with E-state index in [2.05, 4.69) is 31.2 Å². The van der Waals surface area contributed by atoms with Crippen LogP contribution in [0, 0.1) is 11.3 Å². The lowest BCUT2D eigenvalue weighted by Gasteiger charge is -2.02. The Morgan fingerprint density at radius 3 is 2.65 bits per heavy atom. The molecule has 0 aromatic heterocycles. The molecule has 1 aromatic rings. The fourth-order valence-corrected chi connectivity index (χ4v) is 1.69. The van der Waals surface area contributed by atoms with Gasteiger partial charge in [0.15, 0.2) is 0 Å². The van der Waals surface area contributed by atoms with Crippen LogP contribution >= 0.6 is 0 Å². The van der Waals surface area contributed by atoms with Gasteiger partial charge in [0.25, 0.3) is 0 Å². The summed E-state index contributed by atoms with van der Waals surface area (Å²) in [6, 6.07) is 12.3. The number of allylic oxidation sites excluding steroid dienone is 3. The molecule has 0 aliphatic heterocycles. The Labute approximate surface area is 104 Å². The molecule has 0 atom stereocenters. The van der Waals surface area contributed by atoms with Crippen LogP contribution in [0.15, 0.2) is 48.1 Å². The van der Waals surface area contributed by atoms with Crippen LogP contribution in [-0.4, -0.2) is 0 Å². The van der Waals surface area contributed by atoms with Gasteiger partial charge in [0.2, 0.25) is 0 Å². The van der Waals surface area contributed by atoms with E-state index in [1.54, 1.807) is 6.08 Å². The van der Waals surface area contributed by atoms with E-state index in [9.17, 15) is 0 Å². The lowest BCUT2D eigenvalue weighted by Crippen LogP contribution is -1.82. The van der Waals surface area contributed by atoms with E-state index >= 15 is 0 Å². The summed E-state index contributed by atoms with van der Waals surface area (Å²) in [6.45, 7) is 2.20. The summed E-state index contributed by atoms with van der Waals surface area (Å²) in [5, 5.41) is 8.59. The Morgan fingerprint density at radius 2 is 2.00 bits per heavy atom. The van der Waals surface area contributed by atoms with Crippen molar-refractivity contribution in [1.29, 1.82) is 5.26 Å². The van der Waals surface area contributed by atoms with Crippen LogP contribution < -0.4 is 0 Å². The second kappa shape index (κ2) is 8.35. The predicted octanol–water partition coefficient (Wildman–Crippen LogP) is 4.73. The molecule has 1 aromatic carbocycles. The Hall–Kier alpha value is -1.81. The van der Waals surface area contributed by atoms with E-state index in [1.165, 1.54) is 30.4 Å². The van der Waals surface area contributed by atoms with Crippen molar-refractivity contribution in [2.45, 2.75) is 32.6 Å². The minimum Gasteiger partial charge on any atom is -0.193 e. The highest BCUT2D eigenvalue weighted by Gasteiger charge is 1.94. The van der Waals surface area contributed by atoms with Crippen LogP contribution in [0.5, 0.6) is 0 Å². The maximum Gasteiger partial charge on any atom is 0.0912 e. The minimum atomic E-state index is 1.04.